The predicted octanol–water partition coefficient (Wildman–Crippen LogP) is 2.98. The van der Waals surface area contributed by atoms with Gasteiger partial charge in [-0.15, -0.1) is 0 Å². The van der Waals surface area contributed by atoms with Crippen LogP contribution in [0.5, 0.6) is 0 Å². The minimum absolute atomic E-state index is 0.0588. The minimum Gasteiger partial charge on any atom is -0.383 e. The topological polar surface area (TPSA) is 64.4 Å². The molecule has 1 aromatic carbocycles. The Bertz CT molecular complexity index is 824. The van der Waals surface area contributed by atoms with Crippen molar-refractivity contribution < 1.29 is 13.2 Å². The quantitative estimate of drug-likeness (QED) is 0.655. The molecule has 2 rings (SSSR count). The number of benzene rings is 1. The number of imidazole rings is 1. The molecule has 0 bridgehead atoms. The number of ether oxygens (including phenoxy) is 1. The van der Waals surface area contributed by atoms with E-state index in [0.29, 0.717) is 19.7 Å². The molecule has 0 fully saturated rings. The van der Waals surface area contributed by atoms with Crippen LogP contribution in [0.2, 0.25) is 0 Å². The van der Waals surface area contributed by atoms with E-state index in [1.807, 2.05) is 46.0 Å². The highest BCUT2D eigenvalue weighted by molar-refractivity contribution is 7.91. The highest BCUT2D eigenvalue weighted by atomic mass is 32.2. The summed E-state index contributed by atoms with van der Waals surface area (Å²) in [5.41, 5.74) is 1.75. The SMILES string of the molecule is COCCn1c(CN(C)Cc2ccccc2)cnc1S(=O)(=O)CC(C)(C)C. The van der Waals surface area contributed by atoms with Crippen molar-refractivity contribution in [1.82, 2.24) is 14.5 Å². The minimum atomic E-state index is -3.48. The maximum Gasteiger partial charge on any atom is 0.227 e. The molecule has 0 spiro atoms. The fraction of sp³-hybridized carbons (Fsp3) is 0.550. The molecule has 0 unspecified atom stereocenters. The zero-order valence-electron chi connectivity index (χ0n) is 17.0. The first-order valence-corrected chi connectivity index (χ1v) is 10.8. The summed E-state index contributed by atoms with van der Waals surface area (Å²) in [6.45, 7) is 8.04. The Morgan fingerprint density at radius 2 is 1.81 bits per heavy atom. The summed E-state index contributed by atoms with van der Waals surface area (Å²) in [7, 11) is 0.155. The third-order valence-corrected chi connectivity index (χ3v) is 6.18. The zero-order valence-corrected chi connectivity index (χ0v) is 17.8. The van der Waals surface area contributed by atoms with Gasteiger partial charge in [-0.25, -0.2) is 13.4 Å². The molecule has 0 radical (unpaired) electrons. The van der Waals surface area contributed by atoms with E-state index in [1.54, 1.807) is 17.9 Å². The third kappa shape index (κ3) is 6.45. The van der Waals surface area contributed by atoms with Crippen molar-refractivity contribution in [2.75, 3.05) is 26.5 Å². The van der Waals surface area contributed by atoms with Crippen molar-refractivity contribution >= 4 is 9.84 Å². The lowest BCUT2D eigenvalue weighted by molar-refractivity contribution is 0.182. The molecule has 0 saturated carbocycles. The van der Waals surface area contributed by atoms with Crippen LogP contribution in [0.1, 0.15) is 32.0 Å². The molecule has 150 valence electrons. The average molecular weight is 394 g/mol. The van der Waals surface area contributed by atoms with Crippen molar-refractivity contribution in [3.63, 3.8) is 0 Å². The second-order valence-corrected chi connectivity index (χ2v) is 10.0. The highest BCUT2D eigenvalue weighted by Gasteiger charge is 2.28. The summed E-state index contributed by atoms with van der Waals surface area (Å²) in [4.78, 5) is 6.43. The van der Waals surface area contributed by atoms with Gasteiger partial charge in [0, 0.05) is 26.7 Å². The van der Waals surface area contributed by atoms with E-state index in [-0.39, 0.29) is 16.3 Å². The van der Waals surface area contributed by atoms with Crippen LogP contribution in [0.4, 0.5) is 0 Å². The van der Waals surface area contributed by atoms with Crippen molar-refractivity contribution in [3.8, 4) is 0 Å². The molecule has 7 heteroatoms. The number of methoxy groups -OCH3 is 1. The Morgan fingerprint density at radius 3 is 2.41 bits per heavy atom. The van der Waals surface area contributed by atoms with Gasteiger partial charge in [-0.1, -0.05) is 51.1 Å². The van der Waals surface area contributed by atoms with E-state index in [1.165, 1.54) is 5.56 Å². The molecule has 0 amide bonds. The number of sulfone groups is 1. The van der Waals surface area contributed by atoms with E-state index >= 15 is 0 Å². The fourth-order valence-electron chi connectivity index (χ4n) is 3.05. The Hall–Kier alpha value is -1.70. The molecule has 0 aliphatic heterocycles. The van der Waals surface area contributed by atoms with Gasteiger partial charge in [0.15, 0.2) is 0 Å². The number of rotatable bonds is 9. The summed E-state index contributed by atoms with van der Waals surface area (Å²) in [6, 6.07) is 10.2. The Morgan fingerprint density at radius 1 is 1.15 bits per heavy atom. The zero-order chi connectivity index (χ0) is 20.1. The normalized spacial score (nSPS) is 12.7. The maximum absolute atomic E-state index is 12.9. The highest BCUT2D eigenvalue weighted by Crippen LogP contribution is 2.23. The summed E-state index contributed by atoms with van der Waals surface area (Å²) >= 11 is 0. The molecule has 0 N–H and O–H groups in total. The van der Waals surface area contributed by atoms with Gasteiger partial charge in [-0.05, 0) is 18.0 Å². The standard InChI is InChI=1S/C20H31N3O3S/c1-20(2,3)16-27(24,25)19-21-13-18(23(19)11-12-26-5)15-22(4)14-17-9-7-6-8-10-17/h6-10,13H,11-12,14-16H2,1-5H3. The molecule has 1 heterocycles. The van der Waals surface area contributed by atoms with E-state index in [2.05, 4.69) is 22.0 Å². The number of hydrogen-bond acceptors (Lipinski definition) is 5. The van der Waals surface area contributed by atoms with Gasteiger partial charge in [0.25, 0.3) is 0 Å². The monoisotopic (exact) mass is 393 g/mol. The lowest BCUT2D eigenvalue weighted by atomic mass is 10.0. The summed E-state index contributed by atoms with van der Waals surface area (Å²) in [5.74, 6) is 0.0588. The molecule has 0 aliphatic rings. The van der Waals surface area contributed by atoms with Gasteiger partial charge < -0.3 is 9.30 Å². The predicted molar refractivity (Wildman–Crippen MR) is 107 cm³/mol. The fourth-order valence-corrected chi connectivity index (χ4v) is 5.08. The second kappa shape index (κ2) is 8.99. The second-order valence-electron chi connectivity index (χ2n) is 8.15. The lowest BCUT2D eigenvalue weighted by Gasteiger charge is -2.20. The first kappa shape index (κ1) is 21.6. The summed E-state index contributed by atoms with van der Waals surface area (Å²) < 4.78 is 32.7. The van der Waals surface area contributed by atoms with Crippen molar-refractivity contribution in [2.45, 2.75) is 45.6 Å². The molecular weight excluding hydrogens is 362 g/mol. The van der Waals surface area contributed by atoms with Gasteiger partial charge in [0.05, 0.1) is 24.3 Å². The van der Waals surface area contributed by atoms with E-state index < -0.39 is 9.84 Å². The maximum atomic E-state index is 12.9. The molecule has 1 aromatic heterocycles. The van der Waals surface area contributed by atoms with Crippen LogP contribution in [0.3, 0.4) is 0 Å². The van der Waals surface area contributed by atoms with Crippen LogP contribution in [0.25, 0.3) is 0 Å². The van der Waals surface area contributed by atoms with Crippen molar-refractivity contribution in [3.05, 3.63) is 47.8 Å². The van der Waals surface area contributed by atoms with Gasteiger partial charge in [-0.2, -0.15) is 0 Å². The van der Waals surface area contributed by atoms with Crippen molar-refractivity contribution in [1.29, 1.82) is 0 Å². The molecule has 27 heavy (non-hydrogen) atoms. The number of hydrogen-bond donors (Lipinski definition) is 0. The van der Waals surface area contributed by atoms with Gasteiger partial charge in [-0.3, -0.25) is 4.90 Å². The van der Waals surface area contributed by atoms with Crippen LogP contribution in [-0.2, 0) is 34.2 Å². The smallest absolute Gasteiger partial charge is 0.227 e. The number of nitrogens with zero attached hydrogens (tertiary/aromatic N) is 3. The molecule has 0 aliphatic carbocycles. The Kier molecular flexibility index (Phi) is 7.19. The van der Waals surface area contributed by atoms with E-state index in [0.717, 1.165) is 12.2 Å². The van der Waals surface area contributed by atoms with Crippen LogP contribution >= 0.6 is 0 Å². The van der Waals surface area contributed by atoms with Gasteiger partial charge in [0.1, 0.15) is 0 Å². The summed E-state index contributed by atoms with van der Waals surface area (Å²) in [5, 5.41) is 0.137. The van der Waals surface area contributed by atoms with Crippen LogP contribution in [0.15, 0.2) is 41.7 Å². The lowest BCUT2D eigenvalue weighted by Crippen LogP contribution is -2.26. The molecule has 2 aromatic rings. The first-order valence-electron chi connectivity index (χ1n) is 9.11. The Balaban J connectivity index is 2.24. The van der Waals surface area contributed by atoms with Crippen LogP contribution < -0.4 is 0 Å². The van der Waals surface area contributed by atoms with E-state index in [9.17, 15) is 8.42 Å². The van der Waals surface area contributed by atoms with Crippen LogP contribution in [0, 0.1) is 5.41 Å². The third-order valence-electron chi connectivity index (χ3n) is 4.05. The summed E-state index contributed by atoms with van der Waals surface area (Å²) in [6.07, 6.45) is 1.67. The Labute approximate surface area is 163 Å². The van der Waals surface area contributed by atoms with Crippen molar-refractivity contribution in [2.24, 2.45) is 5.41 Å². The first-order chi connectivity index (χ1) is 12.6. The average Bonchev–Trinajstić information content (AvgIpc) is 2.95. The molecular formula is C20H31N3O3S. The largest absolute Gasteiger partial charge is 0.383 e. The molecule has 0 saturated heterocycles. The van der Waals surface area contributed by atoms with Crippen LogP contribution in [-0.4, -0.2) is 49.4 Å². The van der Waals surface area contributed by atoms with E-state index in [4.69, 9.17) is 4.74 Å². The molecule has 6 nitrogen and oxygen atoms in total. The van der Waals surface area contributed by atoms with Gasteiger partial charge in [0.2, 0.25) is 15.0 Å². The molecule has 0 atom stereocenters. The van der Waals surface area contributed by atoms with Gasteiger partial charge >= 0.3 is 0 Å². The number of aromatic nitrogens is 2.